The van der Waals surface area contributed by atoms with Crippen LogP contribution in [0.3, 0.4) is 0 Å². The van der Waals surface area contributed by atoms with Crippen molar-refractivity contribution in [3.63, 3.8) is 0 Å². The number of esters is 1. The zero-order valence-electron chi connectivity index (χ0n) is 13.0. The normalized spacial score (nSPS) is 19.6. The van der Waals surface area contributed by atoms with Gasteiger partial charge in [0.25, 0.3) is 0 Å². The molecule has 0 amide bonds. The van der Waals surface area contributed by atoms with Crippen LogP contribution in [0.2, 0.25) is 0 Å². The summed E-state index contributed by atoms with van der Waals surface area (Å²) in [5, 5.41) is 0.643. The third kappa shape index (κ3) is 3.17. The van der Waals surface area contributed by atoms with Gasteiger partial charge in [0.15, 0.2) is 0 Å². The second-order valence-corrected chi connectivity index (χ2v) is 6.74. The molecule has 0 aromatic heterocycles. The van der Waals surface area contributed by atoms with E-state index in [9.17, 15) is 4.79 Å². The number of halogens is 1. The molecule has 114 valence electrons. The van der Waals surface area contributed by atoms with Crippen LogP contribution in [0, 0.1) is 0 Å². The number of methoxy groups -OCH3 is 1. The molecule has 6 heteroatoms. The average molecular weight is 355 g/mol. The first-order valence-electron chi connectivity index (χ1n) is 6.84. The van der Waals surface area contributed by atoms with Gasteiger partial charge in [0.05, 0.1) is 23.9 Å². The van der Waals surface area contributed by atoms with Gasteiger partial charge in [-0.3, -0.25) is 0 Å². The maximum Gasteiger partial charge on any atom is 0.494 e. The highest BCUT2D eigenvalue weighted by atomic mass is 79.9. The second-order valence-electron chi connectivity index (χ2n) is 6.18. The van der Waals surface area contributed by atoms with Gasteiger partial charge in [-0.1, -0.05) is 22.0 Å². The molecular weight excluding hydrogens is 335 g/mol. The van der Waals surface area contributed by atoms with Crippen molar-refractivity contribution in [1.82, 2.24) is 0 Å². The van der Waals surface area contributed by atoms with Crippen LogP contribution in [0.15, 0.2) is 18.2 Å². The van der Waals surface area contributed by atoms with E-state index in [4.69, 9.17) is 14.0 Å². The van der Waals surface area contributed by atoms with Crippen LogP contribution in [0.4, 0.5) is 0 Å². The van der Waals surface area contributed by atoms with E-state index in [0.29, 0.717) is 10.9 Å². The first kappa shape index (κ1) is 16.5. The number of alkyl halides is 1. The lowest BCUT2D eigenvalue weighted by atomic mass is 9.77. The summed E-state index contributed by atoms with van der Waals surface area (Å²) in [4.78, 5) is 11.8. The largest absolute Gasteiger partial charge is 0.494 e. The Kier molecular flexibility index (Phi) is 4.52. The van der Waals surface area contributed by atoms with Gasteiger partial charge in [0.1, 0.15) is 0 Å². The van der Waals surface area contributed by atoms with E-state index < -0.39 is 18.3 Å². The van der Waals surface area contributed by atoms with E-state index in [2.05, 4.69) is 15.9 Å². The third-order valence-electron chi connectivity index (χ3n) is 4.12. The molecule has 21 heavy (non-hydrogen) atoms. The van der Waals surface area contributed by atoms with Crippen LogP contribution in [-0.2, 0) is 19.4 Å². The monoisotopic (exact) mass is 354 g/mol. The van der Waals surface area contributed by atoms with Crippen molar-refractivity contribution >= 4 is 34.5 Å². The molecule has 0 radical (unpaired) electrons. The molecule has 1 aliphatic heterocycles. The van der Waals surface area contributed by atoms with Crippen LogP contribution in [-0.4, -0.2) is 31.4 Å². The number of hydrogen-bond acceptors (Lipinski definition) is 4. The Bertz CT molecular complexity index is 541. The zero-order valence-corrected chi connectivity index (χ0v) is 14.6. The summed E-state index contributed by atoms with van der Waals surface area (Å²) >= 11 is 3.42. The third-order valence-corrected chi connectivity index (χ3v) is 4.76. The summed E-state index contributed by atoms with van der Waals surface area (Å²) in [7, 11) is 0.884. The molecule has 0 N–H and O–H groups in total. The fourth-order valence-corrected chi connectivity index (χ4v) is 2.47. The van der Waals surface area contributed by atoms with E-state index in [1.165, 1.54) is 7.11 Å². The smallest absolute Gasteiger partial charge is 0.465 e. The lowest BCUT2D eigenvalue weighted by Gasteiger charge is -2.32. The number of hydrogen-bond donors (Lipinski definition) is 0. The summed E-state index contributed by atoms with van der Waals surface area (Å²) < 4.78 is 16.9. The Hall–Kier alpha value is -0.845. The average Bonchev–Trinajstić information content (AvgIpc) is 2.66. The molecule has 2 rings (SSSR count). The lowest BCUT2D eigenvalue weighted by Crippen LogP contribution is -2.41. The Labute approximate surface area is 134 Å². The number of benzene rings is 1. The highest BCUT2D eigenvalue weighted by molar-refractivity contribution is 9.08. The number of rotatable bonds is 3. The van der Waals surface area contributed by atoms with Gasteiger partial charge in [-0.25, -0.2) is 4.79 Å². The zero-order chi connectivity index (χ0) is 15.8. The van der Waals surface area contributed by atoms with Gasteiger partial charge in [-0.2, -0.15) is 0 Å². The standard InChI is InChI=1S/C15H20BBrO4/c1-14(2)15(3,4)21-16(20-14)12-7-10(9-17)6-11(8-12)13(18)19-5/h6-8H,9H2,1-5H3. The predicted octanol–water partition coefficient (Wildman–Crippen LogP) is 2.67. The lowest BCUT2D eigenvalue weighted by molar-refractivity contribution is 0.00578. The molecule has 0 unspecified atom stereocenters. The molecule has 0 atom stereocenters. The van der Waals surface area contributed by atoms with E-state index in [0.717, 1.165) is 11.0 Å². The van der Waals surface area contributed by atoms with Crippen molar-refractivity contribution < 1.29 is 18.8 Å². The van der Waals surface area contributed by atoms with Crippen molar-refractivity contribution in [3.8, 4) is 0 Å². The fourth-order valence-electron chi connectivity index (χ4n) is 2.15. The van der Waals surface area contributed by atoms with Gasteiger partial charge < -0.3 is 14.0 Å². The van der Waals surface area contributed by atoms with Crippen molar-refractivity contribution in [1.29, 1.82) is 0 Å². The summed E-state index contributed by atoms with van der Waals surface area (Å²) in [6.07, 6.45) is 0. The minimum atomic E-state index is -0.489. The summed E-state index contributed by atoms with van der Waals surface area (Å²) in [5.74, 6) is -0.365. The molecule has 1 fully saturated rings. The molecule has 1 aliphatic rings. The predicted molar refractivity (Wildman–Crippen MR) is 86.1 cm³/mol. The van der Waals surface area contributed by atoms with Crippen LogP contribution in [0.25, 0.3) is 0 Å². The van der Waals surface area contributed by atoms with Gasteiger partial charge in [0, 0.05) is 5.33 Å². The van der Waals surface area contributed by atoms with Gasteiger partial charge in [-0.05, 0) is 50.9 Å². The summed E-state index contributed by atoms with van der Waals surface area (Å²) in [6, 6.07) is 5.54. The number of carbonyl (C=O) groups is 1. The Balaban J connectivity index is 2.39. The van der Waals surface area contributed by atoms with E-state index >= 15 is 0 Å². The maximum absolute atomic E-state index is 11.8. The van der Waals surface area contributed by atoms with Crippen molar-refractivity contribution in [2.75, 3.05) is 7.11 Å². The molecule has 1 heterocycles. The van der Waals surface area contributed by atoms with Gasteiger partial charge in [0.2, 0.25) is 0 Å². The first-order valence-corrected chi connectivity index (χ1v) is 7.96. The highest BCUT2D eigenvalue weighted by Crippen LogP contribution is 2.36. The van der Waals surface area contributed by atoms with Crippen molar-refractivity contribution in [2.24, 2.45) is 0 Å². The molecule has 0 aliphatic carbocycles. The van der Waals surface area contributed by atoms with E-state index in [1.54, 1.807) is 12.1 Å². The Morgan fingerprint density at radius 1 is 1.19 bits per heavy atom. The van der Waals surface area contributed by atoms with Gasteiger partial charge in [-0.15, -0.1) is 0 Å². The van der Waals surface area contributed by atoms with E-state index in [-0.39, 0.29) is 5.97 Å². The fraction of sp³-hybridized carbons (Fsp3) is 0.533. The molecule has 1 aromatic carbocycles. The molecule has 0 saturated carbocycles. The van der Waals surface area contributed by atoms with Crippen LogP contribution >= 0.6 is 15.9 Å². The molecule has 1 saturated heterocycles. The SMILES string of the molecule is COC(=O)c1cc(CBr)cc(B2OC(C)(C)C(C)(C)O2)c1. The molecule has 0 spiro atoms. The Morgan fingerprint density at radius 2 is 1.76 bits per heavy atom. The minimum Gasteiger partial charge on any atom is -0.465 e. The van der Waals surface area contributed by atoms with Crippen LogP contribution in [0.1, 0.15) is 43.6 Å². The maximum atomic E-state index is 11.8. The molecular formula is C15H20BBrO4. The number of carbonyl (C=O) groups excluding carboxylic acids is 1. The highest BCUT2D eigenvalue weighted by Gasteiger charge is 2.51. The number of ether oxygens (including phenoxy) is 1. The topological polar surface area (TPSA) is 44.8 Å². The summed E-state index contributed by atoms with van der Waals surface area (Å²) in [6.45, 7) is 8.01. The molecule has 0 bridgehead atoms. The van der Waals surface area contributed by atoms with Crippen molar-refractivity contribution in [2.45, 2.75) is 44.2 Å². The molecule has 4 nitrogen and oxygen atoms in total. The second kappa shape index (κ2) is 5.74. The van der Waals surface area contributed by atoms with E-state index in [1.807, 2.05) is 33.8 Å². The van der Waals surface area contributed by atoms with Crippen molar-refractivity contribution in [3.05, 3.63) is 29.3 Å². The van der Waals surface area contributed by atoms with Crippen LogP contribution < -0.4 is 5.46 Å². The molecule has 1 aromatic rings. The minimum absolute atomic E-state index is 0.365. The van der Waals surface area contributed by atoms with Gasteiger partial charge >= 0.3 is 13.1 Å². The Morgan fingerprint density at radius 3 is 2.24 bits per heavy atom. The first-order chi connectivity index (χ1) is 9.70. The quantitative estimate of drug-likeness (QED) is 0.475. The van der Waals surface area contributed by atoms with Crippen LogP contribution in [0.5, 0.6) is 0 Å². The summed E-state index contributed by atoms with van der Waals surface area (Å²) in [5.41, 5.74) is 1.48.